The van der Waals surface area contributed by atoms with E-state index >= 15 is 0 Å². The first kappa shape index (κ1) is 14.8. The monoisotopic (exact) mass is 290 g/mol. The fourth-order valence-corrected chi connectivity index (χ4v) is 2.88. The predicted molar refractivity (Wildman–Crippen MR) is 86.0 cm³/mol. The average Bonchev–Trinajstić information content (AvgIpc) is 3.34. The molecule has 2 aliphatic carbocycles. The fraction of sp³-hybridized carbons (Fsp3) is 0.667. The molecular weight excluding hydrogens is 263 g/mol. The highest BCUT2D eigenvalue weighted by Gasteiger charge is 2.30. The van der Waals surface area contributed by atoms with Crippen molar-refractivity contribution in [3.63, 3.8) is 0 Å². The van der Waals surface area contributed by atoms with Gasteiger partial charge in [-0.1, -0.05) is 13.0 Å². The lowest BCUT2D eigenvalue weighted by molar-refractivity contribution is 0.595. The Labute approximate surface area is 127 Å². The maximum Gasteiger partial charge on any atom is 0.146 e. The third-order valence-electron chi connectivity index (χ3n) is 4.73. The Bertz CT molecular complexity index is 466. The van der Waals surface area contributed by atoms with Crippen molar-refractivity contribution in [3.8, 4) is 0 Å². The quantitative estimate of drug-likeness (QED) is 0.790. The van der Waals surface area contributed by atoms with Gasteiger partial charge in [-0.25, -0.2) is 4.39 Å². The SMILES string of the molecule is CCC(N)Cc1ccc(N(CC2CC2)CC2CC2)c(F)c1. The van der Waals surface area contributed by atoms with Crippen LogP contribution in [0.5, 0.6) is 0 Å². The van der Waals surface area contributed by atoms with Gasteiger partial charge in [-0.05, 0) is 68.1 Å². The molecule has 0 amide bonds. The molecule has 1 unspecified atom stereocenters. The molecule has 0 bridgehead atoms. The Balaban J connectivity index is 1.71. The van der Waals surface area contributed by atoms with Gasteiger partial charge in [0.05, 0.1) is 5.69 Å². The largest absolute Gasteiger partial charge is 0.369 e. The van der Waals surface area contributed by atoms with E-state index in [2.05, 4.69) is 17.9 Å². The molecule has 0 aromatic heterocycles. The minimum absolute atomic E-state index is 0.0721. The van der Waals surface area contributed by atoms with Gasteiger partial charge in [0, 0.05) is 19.1 Å². The Morgan fingerprint density at radius 2 is 1.81 bits per heavy atom. The number of hydrogen-bond donors (Lipinski definition) is 1. The van der Waals surface area contributed by atoms with Crippen LogP contribution in [0.1, 0.15) is 44.6 Å². The van der Waals surface area contributed by atoms with Crippen molar-refractivity contribution in [2.45, 2.75) is 51.5 Å². The van der Waals surface area contributed by atoms with Crippen LogP contribution in [0.25, 0.3) is 0 Å². The van der Waals surface area contributed by atoms with E-state index in [1.54, 1.807) is 6.07 Å². The molecule has 0 spiro atoms. The van der Waals surface area contributed by atoms with Crippen molar-refractivity contribution in [1.82, 2.24) is 0 Å². The number of anilines is 1. The van der Waals surface area contributed by atoms with E-state index in [1.165, 1.54) is 25.7 Å². The summed E-state index contributed by atoms with van der Waals surface area (Å²) in [6.07, 6.45) is 6.94. The van der Waals surface area contributed by atoms with E-state index in [1.807, 2.05) is 6.07 Å². The van der Waals surface area contributed by atoms with Gasteiger partial charge in [-0.2, -0.15) is 0 Å². The van der Waals surface area contributed by atoms with Crippen LogP contribution in [0.4, 0.5) is 10.1 Å². The number of nitrogens with zero attached hydrogens (tertiary/aromatic N) is 1. The summed E-state index contributed by atoms with van der Waals surface area (Å²) in [6, 6.07) is 5.85. The van der Waals surface area contributed by atoms with Gasteiger partial charge < -0.3 is 10.6 Å². The Kier molecular flexibility index (Phi) is 4.48. The van der Waals surface area contributed by atoms with E-state index in [-0.39, 0.29) is 11.9 Å². The molecule has 21 heavy (non-hydrogen) atoms. The molecule has 1 atom stereocenters. The highest BCUT2D eigenvalue weighted by atomic mass is 19.1. The topological polar surface area (TPSA) is 29.3 Å². The Hall–Kier alpha value is -1.09. The number of halogens is 1. The second-order valence-electron chi connectivity index (χ2n) is 6.95. The molecule has 1 aromatic rings. The average molecular weight is 290 g/mol. The molecule has 1 aromatic carbocycles. The zero-order chi connectivity index (χ0) is 14.8. The summed E-state index contributed by atoms with van der Waals surface area (Å²) in [5.41, 5.74) is 7.78. The highest BCUT2D eigenvalue weighted by molar-refractivity contribution is 5.50. The summed E-state index contributed by atoms with van der Waals surface area (Å²) in [5.74, 6) is 1.50. The predicted octanol–water partition coefficient (Wildman–Crippen LogP) is 3.73. The zero-order valence-electron chi connectivity index (χ0n) is 13.0. The first-order chi connectivity index (χ1) is 10.2. The van der Waals surface area contributed by atoms with Gasteiger partial charge in [0.2, 0.25) is 0 Å². The molecule has 2 N–H and O–H groups in total. The fourth-order valence-electron chi connectivity index (χ4n) is 2.88. The lowest BCUT2D eigenvalue weighted by atomic mass is 10.0. The summed E-state index contributed by atoms with van der Waals surface area (Å²) < 4.78 is 14.5. The molecule has 0 aliphatic heterocycles. The summed E-state index contributed by atoms with van der Waals surface area (Å²) in [4.78, 5) is 2.29. The van der Waals surface area contributed by atoms with Crippen molar-refractivity contribution >= 4 is 5.69 Å². The third-order valence-corrected chi connectivity index (χ3v) is 4.73. The lowest BCUT2D eigenvalue weighted by Gasteiger charge is -2.26. The van der Waals surface area contributed by atoms with Crippen LogP contribution < -0.4 is 10.6 Å². The Morgan fingerprint density at radius 3 is 2.29 bits per heavy atom. The van der Waals surface area contributed by atoms with Crippen LogP contribution in [0.2, 0.25) is 0 Å². The molecule has 0 saturated heterocycles. The molecule has 2 nitrogen and oxygen atoms in total. The van der Waals surface area contributed by atoms with Gasteiger partial charge in [0.25, 0.3) is 0 Å². The first-order valence-corrected chi connectivity index (χ1v) is 8.44. The molecule has 0 radical (unpaired) electrons. The Morgan fingerprint density at radius 1 is 1.19 bits per heavy atom. The van der Waals surface area contributed by atoms with Crippen LogP contribution in [-0.4, -0.2) is 19.1 Å². The van der Waals surface area contributed by atoms with E-state index < -0.39 is 0 Å². The van der Waals surface area contributed by atoms with Crippen LogP contribution in [0, 0.1) is 17.7 Å². The molecule has 2 saturated carbocycles. The minimum Gasteiger partial charge on any atom is -0.369 e. The van der Waals surface area contributed by atoms with Crippen molar-refractivity contribution in [2.75, 3.05) is 18.0 Å². The van der Waals surface area contributed by atoms with Crippen LogP contribution in [-0.2, 0) is 6.42 Å². The van der Waals surface area contributed by atoms with Crippen molar-refractivity contribution in [1.29, 1.82) is 0 Å². The number of nitrogens with two attached hydrogens (primary N) is 1. The summed E-state index contributed by atoms with van der Waals surface area (Å²) in [5, 5.41) is 0. The second kappa shape index (κ2) is 6.35. The second-order valence-corrected chi connectivity index (χ2v) is 6.95. The van der Waals surface area contributed by atoms with Gasteiger partial charge in [-0.3, -0.25) is 0 Å². The smallest absolute Gasteiger partial charge is 0.146 e. The van der Waals surface area contributed by atoms with E-state index in [0.717, 1.165) is 49.0 Å². The van der Waals surface area contributed by atoms with E-state index in [4.69, 9.17) is 5.73 Å². The molecule has 2 aliphatic rings. The van der Waals surface area contributed by atoms with E-state index in [0.29, 0.717) is 0 Å². The molecule has 3 rings (SSSR count). The van der Waals surface area contributed by atoms with Crippen molar-refractivity contribution in [3.05, 3.63) is 29.6 Å². The lowest BCUT2D eigenvalue weighted by Crippen LogP contribution is -2.29. The number of benzene rings is 1. The van der Waals surface area contributed by atoms with Gasteiger partial charge >= 0.3 is 0 Å². The van der Waals surface area contributed by atoms with E-state index in [9.17, 15) is 4.39 Å². The maximum absolute atomic E-state index is 14.5. The third kappa shape index (κ3) is 4.19. The molecule has 3 heteroatoms. The summed E-state index contributed by atoms with van der Waals surface area (Å²) in [7, 11) is 0. The minimum atomic E-state index is -0.0721. The molecule has 0 heterocycles. The number of rotatable bonds is 8. The van der Waals surface area contributed by atoms with Crippen molar-refractivity contribution in [2.24, 2.45) is 17.6 Å². The van der Waals surface area contributed by atoms with Crippen LogP contribution in [0.3, 0.4) is 0 Å². The van der Waals surface area contributed by atoms with Gasteiger partial charge in [0.1, 0.15) is 5.82 Å². The van der Waals surface area contributed by atoms with Gasteiger partial charge in [-0.15, -0.1) is 0 Å². The molecule has 116 valence electrons. The first-order valence-electron chi connectivity index (χ1n) is 8.44. The van der Waals surface area contributed by atoms with Gasteiger partial charge in [0.15, 0.2) is 0 Å². The van der Waals surface area contributed by atoms with Crippen LogP contribution >= 0.6 is 0 Å². The normalized spacial score (nSPS) is 19.6. The summed E-state index contributed by atoms with van der Waals surface area (Å²) in [6.45, 7) is 4.13. The maximum atomic E-state index is 14.5. The number of hydrogen-bond acceptors (Lipinski definition) is 2. The van der Waals surface area contributed by atoms with Crippen LogP contribution in [0.15, 0.2) is 18.2 Å². The molecular formula is C18H27FN2. The zero-order valence-corrected chi connectivity index (χ0v) is 13.0. The molecule has 2 fully saturated rings. The standard InChI is InChI=1S/C18H27FN2/c1-2-16(20)9-15-7-8-18(17(19)10-15)21(11-13-3-4-13)12-14-5-6-14/h7-8,10,13-14,16H,2-6,9,11-12,20H2,1H3. The summed E-state index contributed by atoms with van der Waals surface area (Å²) >= 11 is 0. The highest BCUT2D eigenvalue weighted by Crippen LogP contribution is 2.36. The van der Waals surface area contributed by atoms with Crippen molar-refractivity contribution < 1.29 is 4.39 Å².